The largest absolute Gasteiger partial charge is 0.381 e. The number of nitrogens with zero attached hydrogens (tertiary/aromatic N) is 2. The van der Waals surface area contributed by atoms with Gasteiger partial charge in [0.25, 0.3) is 0 Å². The van der Waals surface area contributed by atoms with Gasteiger partial charge in [-0.3, -0.25) is 0 Å². The van der Waals surface area contributed by atoms with Crippen LogP contribution >= 0.6 is 0 Å². The second-order valence-electron chi connectivity index (χ2n) is 5.87. The van der Waals surface area contributed by atoms with Crippen molar-refractivity contribution >= 4 is 0 Å². The molecule has 0 spiro atoms. The first-order valence-electron chi connectivity index (χ1n) is 6.88. The molecular weight excluding hydrogens is 230 g/mol. The van der Waals surface area contributed by atoms with Crippen molar-refractivity contribution in [3.63, 3.8) is 0 Å². The van der Waals surface area contributed by atoms with Crippen molar-refractivity contribution in [2.75, 3.05) is 13.2 Å². The van der Waals surface area contributed by atoms with Gasteiger partial charge in [0.2, 0.25) is 5.89 Å². The van der Waals surface area contributed by atoms with Crippen molar-refractivity contribution in [2.45, 2.75) is 50.5 Å². The topological polar surface area (TPSA) is 74.2 Å². The third-order valence-electron chi connectivity index (χ3n) is 4.20. The van der Waals surface area contributed by atoms with Crippen molar-refractivity contribution in [2.24, 2.45) is 11.7 Å². The van der Waals surface area contributed by atoms with Crippen LogP contribution < -0.4 is 5.73 Å². The molecule has 0 bridgehead atoms. The Labute approximate surface area is 107 Å². The first-order chi connectivity index (χ1) is 8.67. The van der Waals surface area contributed by atoms with Crippen LogP contribution in [0.5, 0.6) is 0 Å². The molecule has 2 fully saturated rings. The standard InChI is InChI=1S/C13H21N3O2/c1-9-3-2-5-13(14,7-9)12-15-11(18-16-12)10-4-6-17-8-10/h9-10H,2-8,14H2,1H3. The number of aromatic nitrogens is 2. The van der Waals surface area contributed by atoms with Crippen LogP contribution in [0.3, 0.4) is 0 Å². The number of ether oxygens (including phenoxy) is 1. The first-order valence-corrected chi connectivity index (χ1v) is 6.88. The van der Waals surface area contributed by atoms with E-state index < -0.39 is 5.54 Å². The molecule has 2 N–H and O–H groups in total. The van der Waals surface area contributed by atoms with Crippen molar-refractivity contribution in [1.29, 1.82) is 0 Å². The summed E-state index contributed by atoms with van der Waals surface area (Å²) in [5.41, 5.74) is 6.08. The Balaban J connectivity index is 1.79. The average Bonchev–Trinajstić information content (AvgIpc) is 3.00. The van der Waals surface area contributed by atoms with Crippen LogP contribution in [-0.4, -0.2) is 23.4 Å². The zero-order chi connectivity index (χ0) is 12.6. The molecule has 18 heavy (non-hydrogen) atoms. The van der Waals surface area contributed by atoms with Gasteiger partial charge in [0.1, 0.15) is 0 Å². The molecule has 1 aliphatic heterocycles. The molecule has 1 aromatic heterocycles. The summed E-state index contributed by atoms with van der Waals surface area (Å²) in [4.78, 5) is 4.54. The van der Waals surface area contributed by atoms with Crippen molar-refractivity contribution in [3.8, 4) is 0 Å². The van der Waals surface area contributed by atoms with Crippen molar-refractivity contribution < 1.29 is 9.26 Å². The molecule has 1 saturated heterocycles. The van der Waals surface area contributed by atoms with Crippen molar-refractivity contribution in [1.82, 2.24) is 10.1 Å². The molecule has 0 aromatic carbocycles. The highest BCUT2D eigenvalue weighted by molar-refractivity contribution is 5.08. The molecule has 100 valence electrons. The first kappa shape index (κ1) is 12.1. The third kappa shape index (κ3) is 2.17. The van der Waals surface area contributed by atoms with Gasteiger partial charge in [-0.2, -0.15) is 4.98 Å². The third-order valence-corrected chi connectivity index (χ3v) is 4.20. The van der Waals surface area contributed by atoms with Gasteiger partial charge in [-0.15, -0.1) is 0 Å². The van der Waals surface area contributed by atoms with E-state index in [2.05, 4.69) is 17.1 Å². The molecular formula is C13H21N3O2. The normalized spacial score (nSPS) is 37.0. The minimum Gasteiger partial charge on any atom is -0.381 e. The van der Waals surface area contributed by atoms with E-state index in [0.29, 0.717) is 24.2 Å². The molecule has 3 rings (SSSR count). The van der Waals surface area contributed by atoms with Gasteiger partial charge in [-0.05, 0) is 25.2 Å². The van der Waals surface area contributed by atoms with Gasteiger partial charge < -0.3 is 15.0 Å². The Morgan fingerprint density at radius 2 is 2.28 bits per heavy atom. The fraction of sp³-hybridized carbons (Fsp3) is 0.846. The van der Waals surface area contributed by atoms with Gasteiger partial charge >= 0.3 is 0 Å². The van der Waals surface area contributed by atoms with E-state index in [0.717, 1.165) is 32.3 Å². The lowest BCUT2D eigenvalue weighted by atomic mass is 9.76. The summed E-state index contributed by atoms with van der Waals surface area (Å²) in [6.45, 7) is 3.72. The summed E-state index contributed by atoms with van der Waals surface area (Å²) in [6.07, 6.45) is 5.27. The van der Waals surface area contributed by atoms with E-state index in [4.69, 9.17) is 15.0 Å². The highest BCUT2D eigenvalue weighted by Gasteiger charge is 2.37. The SMILES string of the molecule is CC1CCCC(N)(c2noc(C3CCOC3)n2)C1. The van der Waals surface area contributed by atoms with E-state index in [1.54, 1.807) is 0 Å². The van der Waals surface area contributed by atoms with Crippen LogP contribution in [0.25, 0.3) is 0 Å². The number of nitrogens with two attached hydrogens (primary N) is 1. The highest BCUT2D eigenvalue weighted by Crippen LogP contribution is 2.37. The number of hydrogen-bond donors (Lipinski definition) is 1. The Morgan fingerprint density at radius 1 is 1.39 bits per heavy atom. The lowest BCUT2D eigenvalue weighted by Crippen LogP contribution is -2.42. The molecule has 1 aliphatic carbocycles. The Morgan fingerprint density at radius 3 is 3.00 bits per heavy atom. The number of rotatable bonds is 2. The molecule has 0 amide bonds. The molecule has 1 saturated carbocycles. The van der Waals surface area contributed by atoms with Crippen LogP contribution in [0.15, 0.2) is 4.52 Å². The van der Waals surface area contributed by atoms with E-state index in [1.165, 1.54) is 6.42 Å². The molecule has 3 unspecified atom stereocenters. The van der Waals surface area contributed by atoms with Crippen LogP contribution in [0.2, 0.25) is 0 Å². The predicted octanol–water partition coefficient (Wildman–Crippen LogP) is 1.94. The molecule has 5 nitrogen and oxygen atoms in total. The summed E-state index contributed by atoms with van der Waals surface area (Å²) in [5, 5.41) is 4.12. The Hall–Kier alpha value is -0.940. The summed E-state index contributed by atoms with van der Waals surface area (Å²) >= 11 is 0. The molecule has 3 atom stereocenters. The minimum atomic E-state index is -0.390. The van der Waals surface area contributed by atoms with Crippen molar-refractivity contribution in [3.05, 3.63) is 11.7 Å². The predicted molar refractivity (Wildman–Crippen MR) is 66.0 cm³/mol. The van der Waals surface area contributed by atoms with Gasteiger partial charge in [-0.1, -0.05) is 24.9 Å². The van der Waals surface area contributed by atoms with Gasteiger partial charge in [0.05, 0.1) is 18.1 Å². The smallest absolute Gasteiger partial charge is 0.232 e. The fourth-order valence-corrected chi connectivity index (χ4v) is 3.13. The van der Waals surface area contributed by atoms with Crippen LogP contribution in [0, 0.1) is 5.92 Å². The molecule has 5 heteroatoms. The minimum absolute atomic E-state index is 0.260. The molecule has 1 aromatic rings. The fourth-order valence-electron chi connectivity index (χ4n) is 3.13. The lowest BCUT2D eigenvalue weighted by Gasteiger charge is -2.33. The number of hydrogen-bond acceptors (Lipinski definition) is 5. The summed E-state index contributed by atoms with van der Waals surface area (Å²) in [5.74, 6) is 2.29. The van der Waals surface area contributed by atoms with Gasteiger partial charge in [-0.25, -0.2) is 0 Å². The van der Waals surface area contributed by atoms with E-state index in [9.17, 15) is 0 Å². The van der Waals surface area contributed by atoms with E-state index in [1.807, 2.05) is 0 Å². The van der Waals surface area contributed by atoms with E-state index in [-0.39, 0.29) is 5.92 Å². The molecule has 2 heterocycles. The zero-order valence-electron chi connectivity index (χ0n) is 10.9. The quantitative estimate of drug-likeness (QED) is 0.869. The summed E-state index contributed by atoms with van der Waals surface area (Å²) in [7, 11) is 0. The second-order valence-corrected chi connectivity index (χ2v) is 5.87. The summed E-state index contributed by atoms with van der Waals surface area (Å²) < 4.78 is 10.7. The summed E-state index contributed by atoms with van der Waals surface area (Å²) in [6, 6.07) is 0. The van der Waals surface area contributed by atoms with Crippen LogP contribution in [-0.2, 0) is 10.3 Å². The molecule has 2 aliphatic rings. The van der Waals surface area contributed by atoms with E-state index >= 15 is 0 Å². The molecule has 0 radical (unpaired) electrons. The maximum Gasteiger partial charge on any atom is 0.232 e. The van der Waals surface area contributed by atoms with Gasteiger partial charge in [0, 0.05) is 6.61 Å². The van der Waals surface area contributed by atoms with Crippen LogP contribution in [0.4, 0.5) is 0 Å². The maximum atomic E-state index is 6.47. The second kappa shape index (κ2) is 4.63. The zero-order valence-corrected chi connectivity index (χ0v) is 10.9. The van der Waals surface area contributed by atoms with Gasteiger partial charge in [0.15, 0.2) is 5.82 Å². The Kier molecular flexibility index (Phi) is 3.11. The average molecular weight is 251 g/mol. The highest BCUT2D eigenvalue weighted by atomic mass is 16.5. The Bertz CT molecular complexity index is 414. The lowest BCUT2D eigenvalue weighted by molar-refractivity contribution is 0.189. The van der Waals surface area contributed by atoms with Crippen LogP contribution in [0.1, 0.15) is 56.7 Å². The maximum absolute atomic E-state index is 6.47. The monoisotopic (exact) mass is 251 g/mol.